The first-order chi connectivity index (χ1) is 28.3. The molecular formula is C42H55NO17. The van der Waals surface area contributed by atoms with Crippen LogP contribution in [0.5, 0.6) is 17.2 Å². The summed E-state index contributed by atoms with van der Waals surface area (Å²) < 4.78 is 42.5. The minimum absolute atomic E-state index is 0.0140. The Labute approximate surface area is 346 Å². The van der Waals surface area contributed by atoms with Crippen molar-refractivity contribution >= 4 is 17.5 Å². The molecule has 330 valence electrons. The summed E-state index contributed by atoms with van der Waals surface area (Å²) in [5.41, 5.74) is -3.64. The van der Waals surface area contributed by atoms with E-state index >= 15 is 0 Å². The predicted molar refractivity (Wildman–Crippen MR) is 205 cm³/mol. The largest absolute Gasteiger partial charge is 0.507 e. The maximum atomic E-state index is 14.0. The summed E-state index contributed by atoms with van der Waals surface area (Å²) in [5, 5.41) is 76.8. The Morgan fingerprint density at radius 1 is 0.800 bits per heavy atom. The summed E-state index contributed by atoms with van der Waals surface area (Å²) in [4.78, 5) is 43.2. The highest BCUT2D eigenvalue weighted by Crippen LogP contribution is 2.54. The molecule has 3 saturated heterocycles. The zero-order chi connectivity index (χ0) is 43.7. The molecule has 0 amide bonds. The van der Waals surface area contributed by atoms with E-state index < -0.39 is 137 Å². The second-order valence-corrected chi connectivity index (χ2v) is 16.8. The number of hydrogen-bond acceptors (Lipinski definition) is 18. The van der Waals surface area contributed by atoms with Gasteiger partial charge in [-0.15, -0.1) is 0 Å². The first-order valence-corrected chi connectivity index (χ1v) is 20.3. The molecule has 3 aliphatic heterocycles. The maximum absolute atomic E-state index is 14.0. The van der Waals surface area contributed by atoms with Gasteiger partial charge in [0.1, 0.15) is 41.5 Å². The van der Waals surface area contributed by atoms with Crippen molar-refractivity contribution in [2.24, 2.45) is 0 Å². The van der Waals surface area contributed by atoms with E-state index in [0.717, 1.165) is 19.2 Å². The number of hydrogen-bond donors (Lipinski definition) is 7. The minimum atomic E-state index is -1.82. The van der Waals surface area contributed by atoms with Gasteiger partial charge in [0.2, 0.25) is 5.78 Å². The Hall–Kier alpha value is -3.79. The van der Waals surface area contributed by atoms with Crippen molar-refractivity contribution < 1.29 is 83.3 Å². The molecule has 3 fully saturated rings. The molecule has 18 nitrogen and oxygen atoms in total. The fourth-order valence-electron chi connectivity index (χ4n) is 9.51. The van der Waals surface area contributed by atoms with E-state index in [9.17, 15) is 50.1 Å². The molecule has 18 heteroatoms. The number of phenols is 3. The molecule has 0 unspecified atom stereocenters. The Morgan fingerprint density at radius 3 is 1.92 bits per heavy atom. The number of carbonyl (C=O) groups excluding carboxylic acids is 3. The molecule has 60 heavy (non-hydrogen) atoms. The summed E-state index contributed by atoms with van der Waals surface area (Å²) in [6, 6.07) is 2.97. The Bertz CT molecular complexity index is 1970. The molecule has 0 bridgehead atoms. The van der Waals surface area contributed by atoms with Crippen LogP contribution in [0.2, 0.25) is 0 Å². The Kier molecular flexibility index (Phi) is 12.4. The normalized spacial score (nSPS) is 37.9. The Balaban J connectivity index is 1.14. The van der Waals surface area contributed by atoms with E-state index in [2.05, 4.69) is 0 Å². The van der Waals surface area contributed by atoms with Gasteiger partial charge in [-0.1, -0.05) is 6.92 Å². The number of aliphatic hydroxyl groups excluding tert-OH is 3. The van der Waals surface area contributed by atoms with Gasteiger partial charge < -0.3 is 73.8 Å². The molecule has 3 heterocycles. The summed E-state index contributed by atoms with van der Waals surface area (Å²) in [6.45, 7) is 6.77. The van der Waals surface area contributed by atoms with Crippen LogP contribution in [-0.2, 0) is 38.0 Å². The molecule has 2 aliphatic carbocycles. The molecule has 15 atom stereocenters. The smallest absolute Gasteiger partial charge is 0.316 e. The number of ether oxygens (including phenoxy) is 7. The number of aromatic hydroxyl groups is 3. The van der Waals surface area contributed by atoms with Gasteiger partial charge in [-0.3, -0.25) is 14.4 Å². The quantitative estimate of drug-likeness (QED) is 0.119. The van der Waals surface area contributed by atoms with Crippen LogP contribution in [0.15, 0.2) is 18.2 Å². The van der Waals surface area contributed by atoms with Gasteiger partial charge in [0.15, 0.2) is 24.7 Å². The van der Waals surface area contributed by atoms with Crippen LogP contribution >= 0.6 is 0 Å². The van der Waals surface area contributed by atoms with Crippen LogP contribution in [0.3, 0.4) is 0 Å². The monoisotopic (exact) mass is 845 g/mol. The van der Waals surface area contributed by atoms with Crippen molar-refractivity contribution in [1.29, 1.82) is 0 Å². The Morgan fingerprint density at radius 2 is 1.35 bits per heavy atom. The number of benzene rings is 2. The van der Waals surface area contributed by atoms with Gasteiger partial charge in [-0.05, 0) is 65.0 Å². The van der Waals surface area contributed by atoms with E-state index in [-0.39, 0.29) is 54.8 Å². The molecule has 7 N–H and O–H groups in total. The number of rotatable bonds is 9. The number of esters is 1. The number of likely N-dealkylation sites (N-methyl/N-ethyl adjacent to an activating group) is 1. The van der Waals surface area contributed by atoms with Crippen LogP contribution in [0.25, 0.3) is 0 Å². The molecular weight excluding hydrogens is 790 g/mol. The van der Waals surface area contributed by atoms with Crippen molar-refractivity contribution in [3.8, 4) is 17.2 Å². The second kappa shape index (κ2) is 16.8. The number of nitrogens with zero attached hydrogens (tertiary/aromatic N) is 1. The van der Waals surface area contributed by atoms with Crippen molar-refractivity contribution in [3.05, 3.63) is 51.6 Å². The number of fused-ring (bicyclic) bond motifs is 3. The van der Waals surface area contributed by atoms with E-state index in [4.69, 9.17) is 33.2 Å². The summed E-state index contributed by atoms with van der Waals surface area (Å²) in [6.07, 6.45) is -10.5. The topological polar surface area (TPSA) is 261 Å². The number of carbonyl (C=O) groups is 3. The molecule has 0 aromatic heterocycles. The lowest BCUT2D eigenvalue weighted by atomic mass is 9.67. The third kappa shape index (κ3) is 7.70. The van der Waals surface area contributed by atoms with Crippen LogP contribution in [0.1, 0.15) is 115 Å². The molecule has 2 aromatic carbocycles. The summed E-state index contributed by atoms with van der Waals surface area (Å²) >= 11 is 0. The lowest BCUT2D eigenvalue weighted by Gasteiger charge is -2.48. The van der Waals surface area contributed by atoms with Gasteiger partial charge in [-0.2, -0.15) is 0 Å². The molecule has 0 saturated carbocycles. The van der Waals surface area contributed by atoms with Crippen molar-refractivity contribution in [3.63, 3.8) is 0 Å². The van der Waals surface area contributed by atoms with E-state index in [1.807, 2.05) is 19.0 Å². The lowest BCUT2D eigenvalue weighted by Crippen LogP contribution is -2.58. The number of methoxy groups -OCH3 is 1. The zero-order valence-electron chi connectivity index (χ0n) is 34.5. The van der Waals surface area contributed by atoms with E-state index in [1.54, 1.807) is 27.7 Å². The van der Waals surface area contributed by atoms with E-state index in [1.165, 1.54) is 6.07 Å². The standard InChI is InChI=1S/C42H55NO17/c1-8-42(53)15-26(30-19(34(42)41(52)54-7)11-20-31(37(30)50)38(51)33-23(45)10-9-22(44)32(33)36(20)49)58-27-12-21(43(5)6)39(17(3)56-27)59-29-14-25(47)40(18(4)57-29)60-28-13-24(46)35(48)16(2)55-28/h9-11,16-18,21,24-29,34-35,39-40,44-48,50,53H,8,12-15H2,1-7H3/t16-,17+,18-,21-,24-,25-,26-,27+,28+,29+,34-,35+,39+,40+,42-/m0/s1. The van der Waals surface area contributed by atoms with Crippen molar-refractivity contribution in [2.45, 2.75) is 151 Å². The van der Waals surface area contributed by atoms with Crippen molar-refractivity contribution in [2.75, 3.05) is 21.2 Å². The maximum Gasteiger partial charge on any atom is 0.316 e. The van der Waals surface area contributed by atoms with Gasteiger partial charge in [0.05, 0.1) is 66.0 Å². The summed E-state index contributed by atoms with van der Waals surface area (Å²) in [5.74, 6) is -5.94. The molecule has 7 rings (SSSR count). The third-order valence-electron chi connectivity index (χ3n) is 12.8. The molecule has 5 aliphatic rings. The van der Waals surface area contributed by atoms with Gasteiger partial charge in [-0.25, -0.2) is 0 Å². The van der Waals surface area contributed by atoms with Gasteiger partial charge in [0.25, 0.3) is 0 Å². The lowest BCUT2D eigenvalue weighted by molar-refractivity contribution is -0.332. The predicted octanol–water partition coefficient (Wildman–Crippen LogP) is 1.63. The second-order valence-electron chi connectivity index (χ2n) is 16.8. The molecule has 2 aromatic rings. The van der Waals surface area contributed by atoms with Gasteiger partial charge in [0, 0.05) is 42.9 Å². The number of phenolic OH excluding ortho intramolecular Hbond substituents is 3. The highest BCUT2D eigenvalue weighted by molar-refractivity contribution is 6.31. The first kappa shape index (κ1) is 44.3. The van der Waals surface area contributed by atoms with Gasteiger partial charge >= 0.3 is 5.97 Å². The van der Waals surface area contributed by atoms with Crippen LogP contribution in [0.4, 0.5) is 0 Å². The highest BCUT2D eigenvalue weighted by Gasteiger charge is 2.54. The molecule has 0 spiro atoms. The van der Waals surface area contributed by atoms with E-state index in [0.29, 0.717) is 0 Å². The SMILES string of the molecule is CC[C@]1(O)C[C@H](O[C@@H]2C[C@H](N(C)C)[C@H](O[C@@H]3C[C@H](O)[C@H](O[C@@H]4C[C@H](O)[C@H](O)[C@H](C)O4)[C@H](C)O3)[C@@H](C)O2)c2c(cc3c(c2O)C(=O)c2c(O)ccc(O)c2C3=O)[C@H]1C(=O)OC. The zero-order valence-corrected chi connectivity index (χ0v) is 34.5. The van der Waals surface area contributed by atoms with Crippen molar-refractivity contribution in [1.82, 2.24) is 4.90 Å². The minimum Gasteiger partial charge on any atom is -0.507 e. The number of aliphatic hydroxyl groups is 4. The van der Waals surface area contributed by atoms with Crippen LogP contribution in [-0.4, -0.2) is 159 Å². The summed E-state index contributed by atoms with van der Waals surface area (Å²) in [7, 11) is 4.82. The van der Waals surface area contributed by atoms with Crippen LogP contribution in [0, 0.1) is 0 Å². The average molecular weight is 846 g/mol. The fourth-order valence-corrected chi connectivity index (χ4v) is 9.51. The van der Waals surface area contributed by atoms with Crippen LogP contribution < -0.4 is 0 Å². The average Bonchev–Trinajstić information content (AvgIpc) is 3.18. The highest BCUT2D eigenvalue weighted by atomic mass is 16.7. The fraction of sp³-hybridized carbons (Fsp3) is 0.643. The molecule has 0 radical (unpaired) electrons. The number of ketones is 2. The first-order valence-electron chi connectivity index (χ1n) is 20.3. The third-order valence-corrected chi connectivity index (χ3v) is 12.8.